The summed E-state index contributed by atoms with van der Waals surface area (Å²) in [7, 11) is 0. The van der Waals surface area contributed by atoms with Crippen molar-refractivity contribution < 1.29 is 14.3 Å². The Morgan fingerprint density at radius 2 is 2.00 bits per heavy atom. The molecule has 0 saturated carbocycles. The third-order valence-electron chi connectivity index (χ3n) is 5.96. The number of H-pyrrole nitrogens is 1. The Kier molecular flexibility index (Phi) is 6.22. The number of amides is 1. The van der Waals surface area contributed by atoms with Crippen molar-refractivity contribution in [2.45, 2.75) is 45.9 Å². The molecule has 1 aromatic carbocycles. The Balaban J connectivity index is 1.34. The first-order chi connectivity index (χ1) is 17.2. The lowest BCUT2D eigenvalue weighted by Crippen LogP contribution is -2.39. The van der Waals surface area contributed by atoms with Crippen LogP contribution in [0.25, 0.3) is 16.6 Å². The minimum Gasteiger partial charge on any atom is -0.487 e. The minimum absolute atomic E-state index is 0.205. The summed E-state index contributed by atoms with van der Waals surface area (Å²) in [4.78, 5) is 34.7. The molecule has 5 rings (SSSR count). The molecule has 9 heteroatoms. The van der Waals surface area contributed by atoms with Gasteiger partial charge in [-0.1, -0.05) is 17.7 Å². The van der Waals surface area contributed by atoms with Crippen molar-refractivity contribution in [1.29, 1.82) is 0 Å². The maximum Gasteiger partial charge on any atom is 0.410 e. The van der Waals surface area contributed by atoms with Crippen molar-refractivity contribution in [3.05, 3.63) is 87.2 Å². The first-order valence-electron chi connectivity index (χ1n) is 11.7. The number of aromatic amines is 1. The van der Waals surface area contributed by atoms with E-state index in [-0.39, 0.29) is 18.3 Å². The van der Waals surface area contributed by atoms with Gasteiger partial charge in [-0.15, -0.1) is 0 Å². The maximum absolute atomic E-state index is 12.8. The molecule has 1 N–H and O–H groups in total. The van der Waals surface area contributed by atoms with Gasteiger partial charge in [-0.25, -0.2) is 4.79 Å². The van der Waals surface area contributed by atoms with Gasteiger partial charge in [-0.3, -0.25) is 14.3 Å². The number of nitrogens with zero attached hydrogens (tertiary/aromatic N) is 3. The van der Waals surface area contributed by atoms with Crippen LogP contribution in [-0.2, 0) is 24.3 Å². The van der Waals surface area contributed by atoms with E-state index in [2.05, 4.69) is 9.97 Å². The van der Waals surface area contributed by atoms with E-state index in [1.54, 1.807) is 40.1 Å². The Morgan fingerprint density at radius 1 is 1.17 bits per heavy atom. The molecule has 8 nitrogen and oxygen atoms in total. The van der Waals surface area contributed by atoms with E-state index >= 15 is 0 Å². The maximum atomic E-state index is 12.8. The molecular formula is C27H27ClN4O4. The average Bonchev–Trinajstić information content (AvgIpc) is 3.19. The first kappa shape index (κ1) is 23.9. The highest BCUT2D eigenvalue weighted by Gasteiger charge is 2.27. The number of carbonyl (C=O) groups excluding carboxylic acids is 1. The lowest BCUT2D eigenvalue weighted by atomic mass is 10.0. The van der Waals surface area contributed by atoms with Crippen LogP contribution >= 0.6 is 11.6 Å². The molecule has 1 amide bonds. The van der Waals surface area contributed by atoms with Crippen molar-refractivity contribution in [3.63, 3.8) is 0 Å². The predicted octanol–water partition coefficient (Wildman–Crippen LogP) is 5.24. The topological polar surface area (TPSA) is 89.4 Å². The van der Waals surface area contributed by atoms with Gasteiger partial charge in [-0.05, 0) is 63.1 Å². The van der Waals surface area contributed by atoms with Gasteiger partial charge in [0.2, 0.25) is 0 Å². The number of halogens is 1. The smallest absolute Gasteiger partial charge is 0.410 e. The molecular weight excluding hydrogens is 480 g/mol. The van der Waals surface area contributed by atoms with E-state index in [0.717, 1.165) is 34.4 Å². The number of pyridine rings is 2. The van der Waals surface area contributed by atoms with E-state index < -0.39 is 5.60 Å². The fourth-order valence-electron chi connectivity index (χ4n) is 4.28. The fourth-order valence-corrected chi connectivity index (χ4v) is 4.39. The summed E-state index contributed by atoms with van der Waals surface area (Å²) in [5.74, 6) is 0.464. The minimum atomic E-state index is -0.534. The van der Waals surface area contributed by atoms with Gasteiger partial charge >= 0.3 is 6.09 Å². The molecule has 4 heterocycles. The molecule has 36 heavy (non-hydrogen) atoms. The lowest BCUT2D eigenvalue weighted by Gasteiger charge is -2.30. The summed E-state index contributed by atoms with van der Waals surface area (Å²) < 4.78 is 12.8. The average molecular weight is 507 g/mol. The van der Waals surface area contributed by atoms with Gasteiger partial charge in [0.15, 0.2) is 0 Å². The van der Waals surface area contributed by atoms with Gasteiger partial charge in [0.1, 0.15) is 18.0 Å². The van der Waals surface area contributed by atoms with Crippen LogP contribution in [0.5, 0.6) is 5.75 Å². The zero-order chi connectivity index (χ0) is 25.4. The van der Waals surface area contributed by atoms with Gasteiger partial charge < -0.3 is 19.4 Å². The highest BCUT2D eigenvalue weighted by molar-refractivity contribution is 6.30. The second kappa shape index (κ2) is 9.35. The van der Waals surface area contributed by atoms with E-state index in [0.29, 0.717) is 23.9 Å². The summed E-state index contributed by atoms with van der Waals surface area (Å²) >= 11 is 5.86. The van der Waals surface area contributed by atoms with Gasteiger partial charge in [0.05, 0.1) is 22.9 Å². The summed E-state index contributed by atoms with van der Waals surface area (Å²) in [5, 5.41) is 1.66. The van der Waals surface area contributed by atoms with Crippen LogP contribution in [0.3, 0.4) is 0 Å². The third-order valence-corrected chi connectivity index (χ3v) is 6.18. The highest BCUT2D eigenvalue weighted by Crippen LogP contribution is 2.29. The second-order valence-corrected chi connectivity index (χ2v) is 10.2. The summed E-state index contributed by atoms with van der Waals surface area (Å²) in [6, 6.07) is 12.6. The summed E-state index contributed by atoms with van der Waals surface area (Å²) in [6.45, 7) is 6.89. The zero-order valence-electron chi connectivity index (χ0n) is 20.4. The van der Waals surface area contributed by atoms with Crippen LogP contribution in [0.4, 0.5) is 4.79 Å². The molecule has 0 radical (unpaired) electrons. The number of fused-ring (bicyclic) bond motifs is 3. The van der Waals surface area contributed by atoms with Crippen LogP contribution in [0, 0.1) is 0 Å². The van der Waals surface area contributed by atoms with Gasteiger partial charge in [-0.2, -0.15) is 0 Å². The van der Waals surface area contributed by atoms with Crippen molar-refractivity contribution in [3.8, 4) is 11.4 Å². The van der Waals surface area contributed by atoms with Crippen LogP contribution in [-0.4, -0.2) is 37.7 Å². The zero-order valence-corrected chi connectivity index (χ0v) is 21.1. The first-order valence-corrected chi connectivity index (χ1v) is 12.1. The molecule has 0 aliphatic carbocycles. The number of hydrogen-bond acceptors (Lipinski definition) is 5. The van der Waals surface area contributed by atoms with Crippen LogP contribution in [0.1, 0.15) is 37.7 Å². The van der Waals surface area contributed by atoms with Crippen molar-refractivity contribution in [2.24, 2.45) is 0 Å². The third kappa shape index (κ3) is 5.09. The molecule has 0 saturated heterocycles. The van der Waals surface area contributed by atoms with E-state index in [1.165, 1.54) is 11.6 Å². The number of carbonyl (C=O) groups is 1. The molecule has 3 aromatic heterocycles. The Morgan fingerprint density at radius 3 is 2.72 bits per heavy atom. The molecule has 0 spiro atoms. The molecule has 1 aliphatic rings. The predicted molar refractivity (Wildman–Crippen MR) is 138 cm³/mol. The Labute approximate surface area is 213 Å². The standard InChI is InChI=1S/C27H27ClN4O4/c1-27(2,3)36-26(34)31-10-9-22-21-7-6-19(12-23(21)30-24(22)15-31)32-11-8-20(13-25(32)33)35-16-18-5-4-17(28)14-29-18/h4-8,11-14,30H,9-10,15-16H2,1-3H3. The van der Waals surface area contributed by atoms with Crippen molar-refractivity contribution in [1.82, 2.24) is 19.4 Å². The number of ether oxygens (including phenoxy) is 2. The number of aromatic nitrogens is 3. The van der Waals surface area contributed by atoms with Crippen molar-refractivity contribution >= 4 is 28.6 Å². The van der Waals surface area contributed by atoms with Crippen LogP contribution < -0.4 is 10.3 Å². The van der Waals surface area contributed by atoms with E-state index in [4.69, 9.17) is 21.1 Å². The molecule has 186 valence electrons. The number of hydrogen-bond donors (Lipinski definition) is 1. The summed E-state index contributed by atoms with van der Waals surface area (Å²) in [5.41, 5.74) is 3.83. The molecule has 0 fully saturated rings. The molecule has 0 bridgehead atoms. The number of rotatable bonds is 4. The number of nitrogens with one attached hydrogen (secondary N) is 1. The molecule has 4 aromatic rings. The normalized spacial score (nSPS) is 13.5. The number of benzene rings is 1. The summed E-state index contributed by atoms with van der Waals surface area (Å²) in [6.07, 6.45) is 3.68. The fraction of sp³-hybridized carbons (Fsp3) is 0.296. The molecule has 0 atom stereocenters. The largest absolute Gasteiger partial charge is 0.487 e. The van der Waals surface area contributed by atoms with Crippen LogP contribution in [0.15, 0.2) is 59.7 Å². The molecule has 1 aliphatic heterocycles. The van der Waals surface area contributed by atoms with Crippen molar-refractivity contribution in [2.75, 3.05) is 6.54 Å². The van der Waals surface area contributed by atoms with E-state index in [9.17, 15) is 9.59 Å². The van der Waals surface area contributed by atoms with Gasteiger partial charge in [0, 0.05) is 41.6 Å². The molecule has 0 unspecified atom stereocenters. The lowest BCUT2D eigenvalue weighted by molar-refractivity contribution is 0.0222. The van der Waals surface area contributed by atoms with Gasteiger partial charge in [0.25, 0.3) is 5.56 Å². The highest BCUT2D eigenvalue weighted by atomic mass is 35.5. The quantitative estimate of drug-likeness (QED) is 0.409. The van der Waals surface area contributed by atoms with Crippen LogP contribution in [0.2, 0.25) is 5.02 Å². The van der Waals surface area contributed by atoms with E-state index in [1.807, 2.05) is 39.0 Å². The SMILES string of the molecule is CC(C)(C)OC(=O)N1CCc2c([nH]c3cc(-n4ccc(OCc5ccc(Cl)cn5)cc4=O)ccc23)C1. The Hall–Kier alpha value is -3.78. The second-order valence-electron chi connectivity index (χ2n) is 9.79. The Bertz CT molecular complexity index is 1480. The monoisotopic (exact) mass is 506 g/mol.